The minimum absolute atomic E-state index is 0.147. The Hall–Kier alpha value is -7.22. The number of benzene rings is 9. The van der Waals surface area contributed by atoms with Crippen LogP contribution in [0.25, 0.3) is 55.6 Å². The standard InChI is InChI=1S/C60H45N/c1-38-18-16-19-39(2)57(38)41-32-34-47-45-24-9-13-27-50(45)60(54(47)36-41)51-28-14-10-25-48(51)58-52(60)29-17-31-56(58)61(55-30-15-11-22-43(55)40-20-6-5-7-21-40)42-33-35-46-44-23-8-12-26-49(44)59(3,4)53(46)37-42/h5-37H,1-4H3. The molecule has 12 rings (SSSR count). The van der Waals surface area contributed by atoms with Gasteiger partial charge in [-0.15, -0.1) is 0 Å². The average Bonchev–Trinajstić information content (AvgIpc) is 3.85. The molecule has 3 aliphatic carbocycles. The van der Waals surface area contributed by atoms with E-state index in [4.69, 9.17) is 0 Å². The van der Waals surface area contributed by atoms with E-state index in [-0.39, 0.29) is 5.41 Å². The fraction of sp³-hybridized carbons (Fsp3) is 0.100. The molecule has 0 aromatic heterocycles. The highest BCUT2D eigenvalue weighted by Crippen LogP contribution is 2.65. The zero-order valence-corrected chi connectivity index (χ0v) is 35.0. The van der Waals surface area contributed by atoms with Crippen LogP contribution in [-0.4, -0.2) is 0 Å². The first-order valence-electron chi connectivity index (χ1n) is 21.6. The molecule has 9 aromatic carbocycles. The molecule has 0 bridgehead atoms. The lowest BCUT2D eigenvalue weighted by molar-refractivity contribution is 0.660. The summed E-state index contributed by atoms with van der Waals surface area (Å²) in [6.07, 6.45) is 0. The molecule has 3 aliphatic rings. The SMILES string of the molecule is Cc1cccc(C)c1-c1ccc2c(c1)C1(c3ccccc3-2)c2ccccc2-c2c(N(c3ccc4c(c3)C(C)(C)c3ccccc3-4)c3ccccc3-c3ccccc3)cccc21. The third-order valence-electron chi connectivity index (χ3n) is 14.2. The molecular formula is C60H45N. The van der Waals surface area contributed by atoms with E-state index >= 15 is 0 Å². The molecule has 0 radical (unpaired) electrons. The second kappa shape index (κ2) is 13.1. The number of rotatable bonds is 5. The topological polar surface area (TPSA) is 3.24 Å². The Labute approximate surface area is 359 Å². The average molecular weight is 780 g/mol. The first-order chi connectivity index (χ1) is 29.9. The van der Waals surface area contributed by atoms with Gasteiger partial charge < -0.3 is 4.90 Å². The molecule has 61 heavy (non-hydrogen) atoms. The molecule has 1 atom stereocenters. The van der Waals surface area contributed by atoms with Crippen molar-refractivity contribution in [2.45, 2.75) is 38.5 Å². The number of hydrogen-bond acceptors (Lipinski definition) is 1. The Morgan fingerprint density at radius 3 is 1.61 bits per heavy atom. The highest BCUT2D eigenvalue weighted by atomic mass is 15.1. The van der Waals surface area contributed by atoms with Crippen LogP contribution in [0.2, 0.25) is 0 Å². The number of nitrogens with zero attached hydrogens (tertiary/aromatic N) is 1. The molecule has 0 aliphatic heterocycles. The minimum Gasteiger partial charge on any atom is -0.309 e. The zero-order valence-electron chi connectivity index (χ0n) is 35.0. The molecular weight excluding hydrogens is 735 g/mol. The minimum atomic E-state index is -0.507. The monoisotopic (exact) mass is 779 g/mol. The summed E-state index contributed by atoms with van der Waals surface area (Å²) in [6.45, 7) is 9.25. The highest BCUT2D eigenvalue weighted by Gasteiger charge is 2.52. The summed E-state index contributed by atoms with van der Waals surface area (Å²) in [4.78, 5) is 2.56. The van der Waals surface area contributed by atoms with Crippen LogP contribution in [0.5, 0.6) is 0 Å². The van der Waals surface area contributed by atoms with Crippen molar-refractivity contribution >= 4 is 17.1 Å². The molecule has 0 heterocycles. The molecule has 1 nitrogen and oxygen atoms in total. The molecule has 1 heteroatoms. The van der Waals surface area contributed by atoms with Crippen molar-refractivity contribution in [2.24, 2.45) is 0 Å². The van der Waals surface area contributed by atoms with Gasteiger partial charge in [0.2, 0.25) is 0 Å². The maximum atomic E-state index is 2.56. The van der Waals surface area contributed by atoms with Gasteiger partial charge in [0.1, 0.15) is 0 Å². The molecule has 0 amide bonds. The van der Waals surface area contributed by atoms with Gasteiger partial charge in [-0.1, -0.05) is 184 Å². The van der Waals surface area contributed by atoms with Gasteiger partial charge in [0.25, 0.3) is 0 Å². The Bertz CT molecular complexity index is 3240. The molecule has 9 aromatic rings. The van der Waals surface area contributed by atoms with Crippen LogP contribution in [0.3, 0.4) is 0 Å². The number of hydrogen-bond donors (Lipinski definition) is 0. The van der Waals surface area contributed by atoms with Crippen molar-refractivity contribution in [1.29, 1.82) is 0 Å². The lowest BCUT2D eigenvalue weighted by atomic mass is 9.70. The molecule has 290 valence electrons. The molecule has 0 fully saturated rings. The van der Waals surface area contributed by atoms with Gasteiger partial charge in [0, 0.05) is 22.2 Å². The van der Waals surface area contributed by atoms with Gasteiger partial charge in [-0.3, -0.25) is 0 Å². The van der Waals surface area contributed by atoms with E-state index in [9.17, 15) is 0 Å². The summed E-state index contributed by atoms with van der Waals surface area (Å²) >= 11 is 0. The summed E-state index contributed by atoms with van der Waals surface area (Å²) in [7, 11) is 0. The Kier molecular flexibility index (Phi) is 7.69. The van der Waals surface area contributed by atoms with E-state index in [0.717, 1.165) is 11.4 Å². The molecule has 0 saturated heterocycles. The fourth-order valence-electron chi connectivity index (χ4n) is 11.6. The van der Waals surface area contributed by atoms with Gasteiger partial charge in [-0.25, -0.2) is 0 Å². The predicted molar refractivity (Wildman–Crippen MR) is 255 cm³/mol. The van der Waals surface area contributed by atoms with E-state index in [2.05, 4.69) is 233 Å². The fourth-order valence-corrected chi connectivity index (χ4v) is 11.6. The van der Waals surface area contributed by atoms with Gasteiger partial charge in [0.15, 0.2) is 0 Å². The van der Waals surface area contributed by atoms with E-state index in [1.165, 1.54) is 106 Å². The Balaban J connectivity index is 1.16. The zero-order chi connectivity index (χ0) is 41.0. The smallest absolute Gasteiger partial charge is 0.0726 e. The van der Waals surface area contributed by atoms with Crippen LogP contribution in [0.15, 0.2) is 200 Å². The summed E-state index contributed by atoms with van der Waals surface area (Å²) in [5, 5.41) is 0. The second-order valence-electron chi connectivity index (χ2n) is 17.7. The van der Waals surface area contributed by atoms with E-state index < -0.39 is 5.41 Å². The lowest BCUT2D eigenvalue weighted by Crippen LogP contribution is -2.26. The van der Waals surface area contributed by atoms with E-state index in [1.54, 1.807) is 0 Å². The van der Waals surface area contributed by atoms with Crippen LogP contribution < -0.4 is 4.90 Å². The molecule has 0 N–H and O–H groups in total. The number of para-hydroxylation sites is 1. The van der Waals surface area contributed by atoms with Gasteiger partial charge in [-0.2, -0.15) is 0 Å². The van der Waals surface area contributed by atoms with Gasteiger partial charge in [0.05, 0.1) is 16.8 Å². The number of anilines is 3. The summed E-state index contributed by atoms with van der Waals surface area (Å²) in [6, 6.07) is 75.3. The van der Waals surface area contributed by atoms with Crippen LogP contribution in [0.1, 0.15) is 58.4 Å². The Morgan fingerprint density at radius 1 is 0.328 bits per heavy atom. The third kappa shape index (κ3) is 4.89. The van der Waals surface area contributed by atoms with Crippen LogP contribution in [0.4, 0.5) is 17.1 Å². The van der Waals surface area contributed by atoms with Gasteiger partial charge in [-0.05, 0) is 133 Å². The number of aryl methyl sites for hydroxylation is 2. The maximum Gasteiger partial charge on any atom is 0.0726 e. The molecule has 0 saturated carbocycles. The second-order valence-corrected chi connectivity index (χ2v) is 17.7. The van der Waals surface area contributed by atoms with Crippen molar-refractivity contribution in [3.8, 4) is 55.6 Å². The third-order valence-corrected chi connectivity index (χ3v) is 14.2. The normalized spacial score (nSPS) is 15.7. The lowest BCUT2D eigenvalue weighted by Gasteiger charge is -2.33. The van der Waals surface area contributed by atoms with E-state index in [0.29, 0.717) is 0 Å². The quantitative estimate of drug-likeness (QED) is 0.168. The summed E-state index contributed by atoms with van der Waals surface area (Å²) in [5.74, 6) is 0. The summed E-state index contributed by atoms with van der Waals surface area (Å²) in [5.41, 5.74) is 26.3. The van der Waals surface area contributed by atoms with E-state index in [1.807, 2.05) is 0 Å². The molecule has 1 spiro atoms. The Morgan fingerprint density at radius 2 is 0.852 bits per heavy atom. The predicted octanol–water partition coefficient (Wildman–Crippen LogP) is 15.8. The van der Waals surface area contributed by atoms with Crippen molar-refractivity contribution in [2.75, 3.05) is 4.90 Å². The van der Waals surface area contributed by atoms with Gasteiger partial charge >= 0.3 is 0 Å². The highest BCUT2D eigenvalue weighted by molar-refractivity contribution is 6.03. The van der Waals surface area contributed by atoms with Crippen molar-refractivity contribution in [3.05, 3.63) is 245 Å². The van der Waals surface area contributed by atoms with Crippen LogP contribution in [-0.2, 0) is 10.8 Å². The largest absolute Gasteiger partial charge is 0.309 e. The van der Waals surface area contributed by atoms with Crippen molar-refractivity contribution in [3.63, 3.8) is 0 Å². The summed E-state index contributed by atoms with van der Waals surface area (Å²) < 4.78 is 0. The maximum absolute atomic E-state index is 2.56. The van der Waals surface area contributed by atoms with Crippen molar-refractivity contribution < 1.29 is 0 Å². The van der Waals surface area contributed by atoms with Crippen LogP contribution in [0, 0.1) is 13.8 Å². The van der Waals surface area contributed by atoms with Crippen molar-refractivity contribution in [1.82, 2.24) is 0 Å². The number of fused-ring (bicyclic) bond motifs is 13. The van der Waals surface area contributed by atoms with Crippen LogP contribution >= 0.6 is 0 Å². The first kappa shape index (κ1) is 35.7. The molecule has 1 unspecified atom stereocenters. The first-order valence-corrected chi connectivity index (χ1v) is 21.6.